The van der Waals surface area contributed by atoms with Gasteiger partial charge in [0.2, 0.25) is 0 Å². The molecule has 0 radical (unpaired) electrons. The van der Waals surface area contributed by atoms with Crippen molar-refractivity contribution in [3.8, 4) is 0 Å². The molecule has 3 heteroatoms. The van der Waals surface area contributed by atoms with Gasteiger partial charge in [-0.25, -0.2) is 0 Å². The molecule has 14 heavy (non-hydrogen) atoms. The molecule has 0 rings (SSSR count). The van der Waals surface area contributed by atoms with Crippen molar-refractivity contribution < 1.29 is 5.11 Å². The molecule has 0 bridgehead atoms. The number of aliphatic hydroxyl groups excluding tert-OH is 1. The van der Waals surface area contributed by atoms with Gasteiger partial charge in [-0.3, -0.25) is 0 Å². The number of aliphatic hydroxyl groups is 1. The molecule has 0 saturated heterocycles. The predicted molar refractivity (Wildman–Crippen MR) is 70.6 cm³/mol. The van der Waals surface area contributed by atoms with Gasteiger partial charge in [0.15, 0.2) is 0 Å². The molecular formula is C11H26OSSi. The summed E-state index contributed by atoms with van der Waals surface area (Å²) in [4.78, 5) is 0. The maximum absolute atomic E-state index is 8.98. The van der Waals surface area contributed by atoms with E-state index in [2.05, 4.69) is 52.8 Å². The van der Waals surface area contributed by atoms with E-state index in [0.717, 1.165) is 22.4 Å². The van der Waals surface area contributed by atoms with Crippen molar-refractivity contribution in [3.05, 3.63) is 0 Å². The monoisotopic (exact) mass is 234 g/mol. The van der Waals surface area contributed by atoms with Crippen molar-refractivity contribution in [1.82, 2.24) is 0 Å². The first-order valence-electron chi connectivity index (χ1n) is 5.64. The van der Waals surface area contributed by atoms with E-state index < -0.39 is 7.22 Å². The van der Waals surface area contributed by atoms with E-state index in [4.69, 9.17) is 5.11 Å². The molecule has 0 aromatic rings. The highest BCUT2D eigenvalue weighted by Crippen LogP contribution is 2.48. The Morgan fingerprint density at radius 2 is 1.29 bits per heavy atom. The van der Waals surface area contributed by atoms with Crippen LogP contribution in [0.4, 0.5) is 0 Å². The lowest BCUT2D eigenvalue weighted by molar-refractivity contribution is 0.323. The third-order valence-corrected chi connectivity index (χ3v) is 15.8. The second-order valence-corrected chi connectivity index (χ2v) is 13.7. The van der Waals surface area contributed by atoms with E-state index in [1.54, 1.807) is 0 Å². The Morgan fingerprint density at radius 3 is 1.50 bits per heavy atom. The summed E-state index contributed by atoms with van der Waals surface area (Å²) in [5, 5.41) is 8.98. The first-order chi connectivity index (χ1) is 6.39. The van der Waals surface area contributed by atoms with Crippen LogP contribution in [0.15, 0.2) is 0 Å². The van der Waals surface area contributed by atoms with E-state index in [1.165, 1.54) is 0 Å². The summed E-state index contributed by atoms with van der Waals surface area (Å²) >= 11 is 2.08. The fourth-order valence-corrected chi connectivity index (χ4v) is 12.5. The summed E-state index contributed by atoms with van der Waals surface area (Å²) < 4.78 is 0. The largest absolute Gasteiger partial charge is 0.396 e. The molecule has 0 heterocycles. The van der Waals surface area contributed by atoms with Gasteiger partial charge < -0.3 is 5.11 Å². The van der Waals surface area contributed by atoms with Gasteiger partial charge in [0.1, 0.15) is 7.22 Å². The summed E-state index contributed by atoms with van der Waals surface area (Å²) in [5.74, 6) is 0.917. The van der Waals surface area contributed by atoms with Gasteiger partial charge in [-0.15, -0.1) is 0 Å². The highest BCUT2D eigenvalue weighted by Gasteiger charge is 2.43. The lowest BCUT2D eigenvalue weighted by atomic mass is 10.5. The Labute approximate surface area is 94.3 Å². The summed E-state index contributed by atoms with van der Waals surface area (Å²) in [5.41, 5.74) is 2.37. The molecule has 0 aromatic carbocycles. The molecule has 0 unspecified atom stereocenters. The molecule has 0 aromatic heterocycles. The molecule has 1 nitrogen and oxygen atoms in total. The van der Waals surface area contributed by atoms with Gasteiger partial charge in [0, 0.05) is 5.75 Å². The molecular weight excluding hydrogens is 208 g/mol. The van der Waals surface area contributed by atoms with Crippen LogP contribution in [0.1, 0.15) is 41.5 Å². The van der Waals surface area contributed by atoms with Crippen molar-refractivity contribution in [2.75, 3.05) is 12.4 Å². The lowest BCUT2D eigenvalue weighted by Gasteiger charge is -2.42. The average Bonchev–Trinajstić information content (AvgIpc) is 2.03. The van der Waals surface area contributed by atoms with E-state index >= 15 is 0 Å². The minimum absolute atomic E-state index is 0.325. The molecule has 0 fully saturated rings. The molecule has 1 N–H and O–H groups in total. The van der Waals surface area contributed by atoms with Crippen molar-refractivity contribution in [3.63, 3.8) is 0 Å². The Morgan fingerprint density at radius 1 is 0.929 bits per heavy atom. The Bertz CT molecular complexity index is 136. The first kappa shape index (κ1) is 14.5. The molecule has 0 spiro atoms. The molecule has 0 aliphatic rings. The van der Waals surface area contributed by atoms with Gasteiger partial charge >= 0.3 is 0 Å². The topological polar surface area (TPSA) is 20.2 Å². The highest BCUT2D eigenvalue weighted by atomic mass is 32.4. The van der Waals surface area contributed by atoms with Crippen LogP contribution in [0.2, 0.25) is 16.6 Å². The van der Waals surface area contributed by atoms with E-state index in [9.17, 15) is 0 Å². The van der Waals surface area contributed by atoms with Crippen LogP contribution < -0.4 is 0 Å². The number of rotatable bonds is 6. The lowest BCUT2D eigenvalue weighted by Crippen LogP contribution is -2.41. The van der Waals surface area contributed by atoms with Crippen LogP contribution in [0.25, 0.3) is 0 Å². The summed E-state index contributed by atoms with van der Waals surface area (Å²) in [6, 6.07) is 0. The molecule has 0 aliphatic carbocycles. The predicted octanol–water partition coefficient (Wildman–Crippen LogP) is 3.89. The Balaban J connectivity index is 4.76. The van der Waals surface area contributed by atoms with Crippen molar-refractivity contribution in [2.24, 2.45) is 0 Å². The van der Waals surface area contributed by atoms with E-state index in [-0.39, 0.29) is 0 Å². The Kier molecular flexibility index (Phi) is 6.42. The number of hydrogen-bond acceptors (Lipinski definition) is 2. The molecule has 0 amide bonds. The van der Waals surface area contributed by atoms with Crippen LogP contribution in [0, 0.1) is 0 Å². The van der Waals surface area contributed by atoms with Gasteiger partial charge in [-0.2, -0.15) is 11.2 Å². The molecule has 86 valence electrons. The van der Waals surface area contributed by atoms with Crippen molar-refractivity contribution >= 4 is 18.4 Å². The third-order valence-electron chi connectivity index (χ3n) is 3.15. The minimum atomic E-state index is -1.29. The quantitative estimate of drug-likeness (QED) is 0.704. The highest BCUT2D eigenvalue weighted by molar-refractivity contribution is 8.29. The van der Waals surface area contributed by atoms with E-state index in [1.807, 2.05) is 0 Å². The first-order valence-corrected chi connectivity index (χ1v) is 9.58. The van der Waals surface area contributed by atoms with Gasteiger partial charge in [0.05, 0.1) is 6.61 Å². The zero-order chi connectivity index (χ0) is 11.4. The fourth-order valence-electron chi connectivity index (χ4n) is 2.72. The van der Waals surface area contributed by atoms with E-state index in [0.29, 0.717) is 6.61 Å². The zero-order valence-electron chi connectivity index (χ0n) is 10.5. The van der Waals surface area contributed by atoms with Gasteiger partial charge in [-0.1, -0.05) is 41.5 Å². The van der Waals surface area contributed by atoms with Crippen LogP contribution in [-0.4, -0.2) is 24.7 Å². The fraction of sp³-hybridized carbons (Fsp3) is 1.00. The van der Waals surface area contributed by atoms with Crippen molar-refractivity contribution in [1.29, 1.82) is 0 Å². The second-order valence-electron chi connectivity index (χ2n) is 4.89. The summed E-state index contributed by atoms with van der Waals surface area (Å²) in [6.45, 7) is 14.5. The number of hydrogen-bond donors (Lipinski definition) is 1. The zero-order valence-corrected chi connectivity index (χ0v) is 12.3. The maximum atomic E-state index is 8.98. The smallest absolute Gasteiger partial charge is 0.125 e. The average molecular weight is 234 g/mol. The second kappa shape index (κ2) is 6.18. The molecule has 0 aliphatic heterocycles. The van der Waals surface area contributed by atoms with Gasteiger partial charge in [-0.05, 0) is 16.6 Å². The molecule has 0 saturated carbocycles. The standard InChI is InChI=1S/C11H26OSSi/c1-9(2)14(10(3)4,11(5)6)13-8-7-12/h9-12H,7-8H2,1-6H3. The van der Waals surface area contributed by atoms with Crippen LogP contribution in [0.3, 0.4) is 0 Å². The van der Waals surface area contributed by atoms with Gasteiger partial charge in [0.25, 0.3) is 0 Å². The summed E-state index contributed by atoms with van der Waals surface area (Å²) in [6.07, 6.45) is 0. The van der Waals surface area contributed by atoms with Crippen LogP contribution >= 0.6 is 11.2 Å². The normalized spacial score (nSPS) is 13.3. The SMILES string of the molecule is CC(C)[Si](SCCO)(C(C)C)C(C)C. The summed E-state index contributed by atoms with van der Waals surface area (Å²) in [7, 11) is -1.29. The van der Waals surface area contributed by atoms with Crippen molar-refractivity contribution in [2.45, 2.75) is 58.2 Å². The maximum Gasteiger partial charge on any atom is 0.125 e. The van der Waals surface area contributed by atoms with Crippen LogP contribution in [-0.2, 0) is 0 Å². The van der Waals surface area contributed by atoms with Crippen LogP contribution in [0.5, 0.6) is 0 Å². The minimum Gasteiger partial charge on any atom is -0.396 e. The molecule has 0 atom stereocenters. The third kappa shape index (κ3) is 3.01. The Hall–Kier alpha value is 0.527.